The van der Waals surface area contributed by atoms with Gasteiger partial charge in [-0.05, 0) is 27.7 Å². The highest BCUT2D eigenvalue weighted by atomic mass is 35.5. The van der Waals surface area contributed by atoms with Crippen LogP contribution in [0, 0.1) is 13.8 Å². The van der Waals surface area contributed by atoms with Gasteiger partial charge in [0.05, 0.1) is 5.02 Å². The van der Waals surface area contributed by atoms with Crippen molar-refractivity contribution in [2.75, 3.05) is 13.7 Å². The summed E-state index contributed by atoms with van der Waals surface area (Å²) >= 11 is 8.02. The Balaban J connectivity index is 3.18. The molecule has 0 aliphatic heterocycles. The molecule has 2 nitrogen and oxygen atoms in total. The number of methoxy groups -OCH3 is 1. The fourth-order valence-corrected chi connectivity index (χ4v) is 3.19. The number of hydrogen-bond donors (Lipinski definition) is 0. The van der Waals surface area contributed by atoms with Crippen LogP contribution in [0.25, 0.3) is 0 Å². The molecular formula is C12H18ClNOS. The molecule has 4 heteroatoms. The Kier molecular flexibility index (Phi) is 4.96. The Morgan fingerprint density at radius 2 is 2.06 bits per heavy atom. The van der Waals surface area contributed by atoms with E-state index >= 15 is 0 Å². The van der Waals surface area contributed by atoms with Gasteiger partial charge in [-0.1, -0.05) is 11.6 Å². The maximum absolute atomic E-state index is 6.31. The van der Waals surface area contributed by atoms with Crippen LogP contribution in [0.3, 0.4) is 0 Å². The van der Waals surface area contributed by atoms with E-state index in [1.54, 1.807) is 18.4 Å². The average Bonchev–Trinajstić information content (AvgIpc) is 2.46. The number of thiophene rings is 1. The van der Waals surface area contributed by atoms with E-state index in [2.05, 4.69) is 11.9 Å². The number of halogens is 1. The van der Waals surface area contributed by atoms with Gasteiger partial charge in [0.25, 0.3) is 0 Å². The molecule has 0 saturated heterocycles. The lowest BCUT2D eigenvalue weighted by Gasteiger charge is -2.16. The lowest BCUT2D eigenvalue weighted by molar-refractivity contribution is 0.157. The maximum Gasteiger partial charge on any atom is 0.122 e. The zero-order chi connectivity index (χ0) is 12.3. The standard InChI is InChI=1S/C12H18ClNOS/c1-6-14-7(2)12(15-5)10-8(3)16-9(4)11(10)13/h12H,6H2,1-5H3. The molecule has 16 heavy (non-hydrogen) atoms. The van der Waals surface area contributed by atoms with E-state index in [0.717, 1.165) is 27.7 Å². The quantitative estimate of drug-likeness (QED) is 0.743. The van der Waals surface area contributed by atoms with Gasteiger partial charge in [0.2, 0.25) is 0 Å². The Labute approximate surface area is 106 Å². The number of aryl methyl sites for hydroxylation is 2. The van der Waals surface area contributed by atoms with Crippen molar-refractivity contribution in [1.29, 1.82) is 0 Å². The Morgan fingerprint density at radius 3 is 2.44 bits per heavy atom. The minimum absolute atomic E-state index is 0.114. The predicted molar refractivity (Wildman–Crippen MR) is 72.2 cm³/mol. The van der Waals surface area contributed by atoms with Crippen molar-refractivity contribution >= 4 is 28.6 Å². The second kappa shape index (κ2) is 5.80. The first-order valence-corrected chi connectivity index (χ1v) is 6.51. The van der Waals surface area contributed by atoms with Gasteiger partial charge in [-0.3, -0.25) is 4.99 Å². The van der Waals surface area contributed by atoms with E-state index in [1.807, 2.05) is 20.8 Å². The third kappa shape index (κ3) is 2.65. The van der Waals surface area contributed by atoms with Crippen molar-refractivity contribution in [3.05, 3.63) is 20.3 Å². The van der Waals surface area contributed by atoms with E-state index in [9.17, 15) is 0 Å². The maximum atomic E-state index is 6.31. The molecule has 1 unspecified atom stereocenters. The van der Waals surface area contributed by atoms with E-state index in [0.29, 0.717) is 0 Å². The summed E-state index contributed by atoms with van der Waals surface area (Å²) < 4.78 is 5.52. The van der Waals surface area contributed by atoms with Gasteiger partial charge in [-0.15, -0.1) is 11.3 Å². The molecule has 0 spiro atoms. The van der Waals surface area contributed by atoms with Gasteiger partial charge in [-0.25, -0.2) is 0 Å². The van der Waals surface area contributed by atoms with Crippen molar-refractivity contribution in [2.24, 2.45) is 4.99 Å². The second-order valence-corrected chi connectivity index (χ2v) is 5.48. The molecule has 0 aliphatic rings. The Hall–Kier alpha value is -0.380. The molecule has 0 saturated carbocycles. The third-order valence-corrected chi connectivity index (χ3v) is 4.15. The number of hydrogen-bond acceptors (Lipinski definition) is 3. The summed E-state index contributed by atoms with van der Waals surface area (Å²) in [4.78, 5) is 6.75. The van der Waals surface area contributed by atoms with Crippen LogP contribution >= 0.6 is 22.9 Å². The lowest BCUT2D eigenvalue weighted by Crippen LogP contribution is -2.12. The van der Waals surface area contributed by atoms with Crippen LogP contribution < -0.4 is 0 Å². The molecule has 0 amide bonds. The van der Waals surface area contributed by atoms with Gasteiger partial charge in [-0.2, -0.15) is 0 Å². The summed E-state index contributed by atoms with van der Waals surface area (Å²) in [6.45, 7) is 8.88. The minimum Gasteiger partial charge on any atom is -0.371 e. The average molecular weight is 260 g/mol. The van der Waals surface area contributed by atoms with E-state index < -0.39 is 0 Å². The summed E-state index contributed by atoms with van der Waals surface area (Å²) in [6.07, 6.45) is -0.114. The van der Waals surface area contributed by atoms with Crippen LogP contribution in [0.15, 0.2) is 4.99 Å². The fourth-order valence-electron chi connectivity index (χ4n) is 1.80. The fraction of sp³-hybridized carbons (Fsp3) is 0.583. The normalized spacial score (nSPS) is 14.2. The van der Waals surface area contributed by atoms with Gasteiger partial charge in [0.1, 0.15) is 6.10 Å². The summed E-state index contributed by atoms with van der Waals surface area (Å²) in [5.74, 6) is 0. The summed E-state index contributed by atoms with van der Waals surface area (Å²) in [6, 6.07) is 0. The smallest absolute Gasteiger partial charge is 0.122 e. The number of nitrogens with zero attached hydrogens (tertiary/aromatic N) is 1. The zero-order valence-electron chi connectivity index (χ0n) is 10.4. The number of ether oxygens (including phenoxy) is 1. The molecule has 0 aromatic carbocycles. The monoisotopic (exact) mass is 259 g/mol. The van der Waals surface area contributed by atoms with Crippen molar-refractivity contribution < 1.29 is 4.74 Å². The van der Waals surface area contributed by atoms with Gasteiger partial charge < -0.3 is 4.74 Å². The van der Waals surface area contributed by atoms with Crippen LogP contribution in [0.4, 0.5) is 0 Å². The molecule has 0 radical (unpaired) electrons. The molecule has 0 aliphatic carbocycles. The summed E-state index contributed by atoms with van der Waals surface area (Å²) in [7, 11) is 1.70. The molecule has 1 aromatic heterocycles. The number of rotatable bonds is 4. The topological polar surface area (TPSA) is 21.6 Å². The Morgan fingerprint density at radius 1 is 1.44 bits per heavy atom. The van der Waals surface area contributed by atoms with Crippen LogP contribution in [-0.2, 0) is 4.74 Å². The SMILES string of the molecule is CCN=C(C)C(OC)c1c(C)sc(C)c1Cl. The molecule has 0 N–H and O–H groups in total. The molecule has 1 aromatic rings. The van der Waals surface area contributed by atoms with Crippen molar-refractivity contribution in [1.82, 2.24) is 0 Å². The molecule has 1 rings (SSSR count). The summed E-state index contributed by atoms with van der Waals surface area (Å²) in [5.41, 5.74) is 2.05. The van der Waals surface area contributed by atoms with Gasteiger partial charge >= 0.3 is 0 Å². The second-order valence-electron chi connectivity index (χ2n) is 3.67. The highest BCUT2D eigenvalue weighted by Crippen LogP contribution is 2.37. The Bertz CT molecular complexity index is 398. The van der Waals surface area contributed by atoms with Crippen LogP contribution in [0.5, 0.6) is 0 Å². The lowest BCUT2D eigenvalue weighted by atomic mass is 10.1. The molecule has 0 bridgehead atoms. The van der Waals surface area contributed by atoms with Crippen molar-refractivity contribution in [2.45, 2.75) is 33.8 Å². The van der Waals surface area contributed by atoms with Crippen LogP contribution in [0.2, 0.25) is 5.02 Å². The molecule has 90 valence electrons. The first kappa shape index (κ1) is 13.7. The molecule has 0 fully saturated rings. The minimum atomic E-state index is -0.114. The molecule has 1 atom stereocenters. The first-order chi connectivity index (χ1) is 7.52. The van der Waals surface area contributed by atoms with E-state index in [4.69, 9.17) is 16.3 Å². The summed E-state index contributed by atoms with van der Waals surface area (Å²) in [5, 5.41) is 0.819. The highest BCUT2D eigenvalue weighted by molar-refractivity contribution is 7.12. The predicted octanol–water partition coefficient (Wildman–Crippen LogP) is 4.19. The van der Waals surface area contributed by atoms with Crippen molar-refractivity contribution in [3.63, 3.8) is 0 Å². The molecule has 1 heterocycles. The van der Waals surface area contributed by atoms with Crippen molar-refractivity contribution in [3.8, 4) is 0 Å². The number of aliphatic imine (C=N–C) groups is 1. The van der Waals surface area contributed by atoms with Crippen LogP contribution in [-0.4, -0.2) is 19.4 Å². The van der Waals surface area contributed by atoms with E-state index in [-0.39, 0.29) is 6.10 Å². The highest BCUT2D eigenvalue weighted by Gasteiger charge is 2.22. The van der Waals surface area contributed by atoms with Crippen LogP contribution in [0.1, 0.15) is 35.3 Å². The third-order valence-electron chi connectivity index (χ3n) is 2.52. The van der Waals surface area contributed by atoms with Gasteiger partial charge in [0, 0.05) is 34.7 Å². The first-order valence-electron chi connectivity index (χ1n) is 5.32. The molecular weight excluding hydrogens is 242 g/mol. The largest absolute Gasteiger partial charge is 0.371 e. The van der Waals surface area contributed by atoms with E-state index in [1.165, 1.54) is 4.88 Å². The zero-order valence-corrected chi connectivity index (χ0v) is 12.0. The van der Waals surface area contributed by atoms with Gasteiger partial charge in [0.15, 0.2) is 0 Å².